The lowest BCUT2D eigenvalue weighted by molar-refractivity contribution is -0.253. The molecule has 132 valence electrons. The van der Waals surface area contributed by atoms with E-state index in [4.69, 9.17) is 4.74 Å². The van der Waals surface area contributed by atoms with Gasteiger partial charge in [0.1, 0.15) is 0 Å². The molecule has 3 aliphatic heterocycles. The maximum Gasteiger partial charge on any atom is 0.419 e. The van der Waals surface area contributed by atoms with Gasteiger partial charge in [-0.25, -0.2) is 0 Å². The number of carbonyl (C=O) groups is 1. The highest BCUT2D eigenvalue weighted by molar-refractivity contribution is 5.82. The molecule has 2 unspecified atom stereocenters. The van der Waals surface area contributed by atoms with Crippen LogP contribution in [-0.2, 0) is 9.53 Å². The highest BCUT2D eigenvalue weighted by atomic mass is 19.4. The van der Waals surface area contributed by atoms with E-state index in [0.717, 1.165) is 25.8 Å². The van der Waals surface area contributed by atoms with Crippen molar-refractivity contribution in [2.75, 3.05) is 32.8 Å². The van der Waals surface area contributed by atoms with E-state index in [2.05, 4.69) is 4.90 Å². The van der Waals surface area contributed by atoms with Gasteiger partial charge in [0.05, 0.1) is 12.6 Å². The number of hydrogen-bond acceptors (Lipinski definition) is 4. The van der Waals surface area contributed by atoms with E-state index < -0.39 is 24.7 Å². The van der Waals surface area contributed by atoms with Crippen molar-refractivity contribution in [3.05, 3.63) is 0 Å². The lowest BCUT2D eigenvalue weighted by atomic mass is 10.0. The van der Waals surface area contributed by atoms with E-state index in [9.17, 15) is 23.1 Å². The molecule has 0 aromatic heterocycles. The first-order chi connectivity index (χ1) is 10.8. The molecule has 1 amide bonds. The average Bonchev–Trinajstić information content (AvgIpc) is 3.14. The second-order valence-corrected chi connectivity index (χ2v) is 6.78. The highest BCUT2D eigenvalue weighted by Crippen LogP contribution is 2.38. The molecule has 0 aromatic carbocycles. The van der Waals surface area contributed by atoms with Gasteiger partial charge in [-0.1, -0.05) is 0 Å². The Morgan fingerprint density at radius 1 is 1.17 bits per heavy atom. The quantitative estimate of drug-likeness (QED) is 0.822. The Morgan fingerprint density at radius 2 is 1.87 bits per heavy atom. The molecule has 1 N–H and O–H groups in total. The molecule has 0 bridgehead atoms. The van der Waals surface area contributed by atoms with Crippen LogP contribution in [0.3, 0.4) is 0 Å². The first-order valence-corrected chi connectivity index (χ1v) is 8.23. The molecule has 3 saturated heterocycles. The minimum absolute atomic E-state index is 0.0348. The second kappa shape index (κ2) is 6.22. The smallest absolute Gasteiger partial charge is 0.381 e. The van der Waals surface area contributed by atoms with Crippen molar-refractivity contribution in [2.24, 2.45) is 0 Å². The van der Waals surface area contributed by atoms with Gasteiger partial charge in [-0.15, -0.1) is 0 Å². The van der Waals surface area contributed by atoms with Gasteiger partial charge >= 0.3 is 6.18 Å². The van der Waals surface area contributed by atoms with Crippen LogP contribution in [0.15, 0.2) is 0 Å². The molecule has 3 fully saturated rings. The minimum atomic E-state index is -4.70. The van der Waals surface area contributed by atoms with Crippen LogP contribution in [0.2, 0.25) is 0 Å². The fourth-order valence-electron chi connectivity index (χ4n) is 3.93. The summed E-state index contributed by atoms with van der Waals surface area (Å²) in [7, 11) is 0. The third-order valence-corrected chi connectivity index (χ3v) is 5.33. The molecule has 5 nitrogen and oxygen atoms in total. The maximum atomic E-state index is 12.9. The summed E-state index contributed by atoms with van der Waals surface area (Å²) in [6.45, 7) is 1.46. The van der Waals surface area contributed by atoms with E-state index in [1.165, 1.54) is 4.90 Å². The summed E-state index contributed by atoms with van der Waals surface area (Å²) in [5.41, 5.74) is -2.76. The summed E-state index contributed by atoms with van der Waals surface area (Å²) in [4.78, 5) is 16.0. The fraction of sp³-hybridized carbons (Fsp3) is 0.933. The zero-order valence-electron chi connectivity index (χ0n) is 13.0. The van der Waals surface area contributed by atoms with E-state index in [-0.39, 0.29) is 24.5 Å². The zero-order chi connectivity index (χ0) is 16.7. The molecule has 8 heteroatoms. The van der Waals surface area contributed by atoms with E-state index >= 15 is 0 Å². The number of carbonyl (C=O) groups excluding carboxylic acids is 1. The van der Waals surface area contributed by atoms with Crippen LogP contribution in [0.5, 0.6) is 0 Å². The molecule has 3 rings (SSSR count). The Morgan fingerprint density at radius 3 is 2.48 bits per heavy atom. The summed E-state index contributed by atoms with van der Waals surface area (Å²) >= 11 is 0. The average molecular weight is 336 g/mol. The summed E-state index contributed by atoms with van der Waals surface area (Å²) in [5.74, 6) is -0.269. The summed E-state index contributed by atoms with van der Waals surface area (Å²) < 4.78 is 44.1. The molecular weight excluding hydrogens is 313 g/mol. The SMILES string of the molecule is O=C(C1CCCN1C1CCOCC1)N1CCC(O)(C(F)(F)F)C1. The molecule has 0 spiro atoms. The number of alkyl halides is 3. The van der Waals surface area contributed by atoms with Crippen LogP contribution in [0.1, 0.15) is 32.1 Å². The molecule has 0 radical (unpaired) electrons. The predicted molar refractivity (Wildman–Crippen MR) is 75.8 cm³/mol. The van der Waals surface area contributed by atoms with Gasteiger partial charge in [0, 0.05) is 32.2 Å². The van der Waals surface area contributed by atoms with Crippen molar-refractivity contribution in [3.8, 4) is 0 Å². The van der Waals surface area contributed by atoms with Crippen LogP contribution in [0, 0.1) is 0 Å². The third kappa shape index (κ3) is 3.21. The van der Waals surface area contributed by atoms with Gasteiger partial charge < -0.3 is 14.7 Å². The van der Waals surface area contributed by atoms with Crippen LogP contribution >= 0.6 is 0 Å². The Balaban J connectivity index is 1.66. The van der Waals surface area contributed by atoms with Gasteiger partial charge in [0.2, 0.25) is 5.91 Å². The summed E-state index contributed by atoms with van der Waals surface area (Å²) in [6.07, 6.45) is -1.86. The number of amides is 1. The lowest BCUT2D eigenvalue weighted by Gasteiger charge is -2.36. The largest absolute Gasteiger partial charge is 0.419 e. The van der Waals surface area contributed by atoms with E-state index in [0.29, 0.717) is 19.6 Å². The number of likely N-dealkylation sites (tertiary alicyclic amines) is 2. The van der Waals surface area contributed by atoms with Gasteiger partial charge in [-0.2, -0.15) is 13.2 Å². The number of hydrogen-bond donors (Lipinski definition) is 1. The highest BCUT2D eigenvalue weighted by Gasteiger charge is 2.58. The van der Waals surface area contributed by atoms with Gasteiger partial charge in [0.25, 0.3) is 0 Å². The maximum absolute atomic E-state index is 12.9. The van der Waals surface area contributed by atoms with E-state index in [1.54, 1.807) is 0 Å². The van der Waals surface area contributed by atoms with Crippen LogP contribution in [0.25, 0.3) is 0 Å². The zero-order valence-corrected chi connectivity index (χ0v) is 13.0. The first kappa shape index (κ1) is 17.0. The fourth-order valence-corrected chi connectivity index (χ4v) is 3.93. The molecule has 0 aliphatic carbocycles. The molecule has 2 atom stereocenters. The second-order valence-electron chi connectivity index (χ2n) is 6.78. The number of halogens is 3. The number of β-amino-alcohol motifs (C(OH)–C–C–N with tert-alkyl or cyclic N) is 1. The topological polar surface area (TPSA) is 53.0 Å². The Kier molecular flexibility index (Phi) is 4.59. The van der Waals surface area contributed by atoms with Crippen molar-refractivity contribution in [1.29, 1.82) is 0 Å². The van der Waals surface area contributed by atoms with Crippen molar-refractivity contribution >= 4 is 5.91 Å². The Bertz CT molecular complexity index is 454. The molecule has 0 saturated carbocycles. The van der Waals surface area contributed by atoms with Crippen molar-refractivity contribution in [1.82, 2.24) is 9.80 Å². The van der Waals surface area contributed by atoms with Crippen molar-refractivity contribution in [2.45, 2.75) is 56.0 Å². The van der Waals surface area contributed by atoms with Gasteiger partial charge in [-0.05, 0) is 32.2 Å². The van der Waals surface area contributed by atoms with Crippen LogP contribution < -0.4 is 0 Å². The summed E-state index contributed by atoms with van der Waals surface area (Å²) in [5, 5.41) is 9.76. The number of aliphatic hydroxyl groups is 1. The van der Waals surface area contributed by atoms with Crippen molar-refractivity contribution in [3.63, 3.8) is 0 Å². The normalized spacial score (nSPS) is 34.3. The Hall–Kier alpha value is -0.860. The monoisotopic (exact) mass is 336 g/mol. The number of rotatable bonds is 2. The van der Waals surface area contributed by atoms with E-state index in [1.807, 2.05) is 0 Å². The standard InChI is InChI=1S/C15H23F3N2O3/c16-15(17,18)14(22)5-7-19(10-14)13(21)12-2-1-6-20(12)11-3-8-23-9-4-11/h11-12,22H,1-10H2. The first-order valence-electron chi connectivity index (χ1n) is 8.23. The lowest BCUT2D eigenvalue weighted by Crippen LogP contribution is -2.52. The molecular formula is C15H23F3N2O3. The van der Waals surface area contributed by atoms with Crippen LogP contribution in [0.4, 0.5) is 13.2 Å². The minimum Gasteiger partial charge on any atom is -0.381 e. The Labute approximate surface area is 133 Å². The molecule has 0 aromatic rings. The van der Waals surface area contributed by atoms with Crippen LogP contribution in [-0.4, -0.2) is 77.5 Å². The molecule has 3 heterocycles. The number of nitrogens with zero attached hydrogens (tertiary/aromatic N) is 2. The number of ether oxygens (including phenoxy) is 1. The predicted octanol–water partition coefficient (Wildman–Crippen LogP) is 1.16. The summed E-state index contributed by atoms with van der Waals surface area (Å²) in [6, 6.07) is -0.0852. The van der Waals surface area contributed by atoms with Gasteiger partial charge in [-0.3, -0.25) is 9.69 Å². The molecule has 23 heavy (non-hydrogen) atoms. The third-order valence-electron chi connectivity index (χ3n) is 5.33. The van der Waals surface area contributed by atoms with Gasteiger partial charge in [0.15, 0.2) is 5.60 Å². The van der Waals surface area contributed by atoms with Crippen molar-refractivity contribution < 1.29 is 27.8 Å². The molecule has 3 aliphatic rings.